The first-order valence-electron chi connectivity index (χ1n) is 10.3. The van der Waals surface area contributed by atoms with E-state index < -0.39 is 6.04 Å². The predicted octanol–water partition coefficient (Wildman–Crippen LogP) is 5.55. The van der Waals surface area contributed by atoms with Crippen LogP contribution in [0.15, 0.2) is 46.9 Å². The third-order valence-electron chi connectivity index (χ3n) is 4.84. The second-order valence-electron chi connectivity index (χ2n) is 8.12. The molecule has 0 aliphatic carbocycles. The largest absolute Gasteiger partial charge is 0.483 e. The van der Waals surface area contributed by atoms with Gasteiger partial charge in [0, 0.05) is 17.6 Å². The van der Waals surface area contributed by atoms with E-state index in [1.807, 2.05) is 44.2 Å². The summed E-state index contributed by atoms with van der Waals surface area (Å²) in [4.78, 5) is 27.2. The summed E-state index contributed by atoms with van der Waals surface area (Å²) < 4.78 is 6.58. The van der Waals surface area contributed by atoms with Gasteiger partial charge in [-0.15, -0.1) is 0 Å². The third kappa shape index (κ3) is 7.54. The fraction of sp³-hybridized carbons (Fsp3) is 0.417. The molecule has 31 heavy (non-hydrogen) atoms. The van der Waals surface area contributed by atoms with Crippen molar-refractivity contribution in [2.45, 2.75) is 59.2 Å². The molecule has 0 aliphatic heterocycles. The fourth-order valence-corrected chi connectivity index (χ4v) is 3.63. The molecule has 0 aromatic heterocycles. The van der Waals surface area contributed by atoms with Gasteiger partial charge in [0.25, 0.3) is 5.91 Å². The van der Waals surface area contributed by atoms with Gasteiger partial charge in [-0.05, 0) is 78.0 Å². The van der Waals surface area contributed by atoms with Crippen LogP contribution in [0.5, 0.6) is 5.75 Å². The number of hydrogen-bond acceptors (Lipinski definition) is 3. The molecule has 1 unspecified atom stereocenters. The van der Waals surface area contributed by atoms with Gasteiger partial charge in [0.05, 0.1) is 4.47 Å². The Kier molecular flexibility index (Phi) is 9.38. The van der Waals surface area contributed by atoms with Crippen molar-refractivity contribution in [3.8, 4) is 5.75 Å². The quantitative estimate of drug-likeness (QED) is 0.482. The number of hydrogen-bond donors (Lipinski definition) is 1. The highest BCUT2D eigenvalue weighted by molar-refractivity contribution is 9.10. The molecule has 0 saturated heterocycles. The molecule has 0 heterocycles. The van der Waals surface area contributed by atoms with Gasteiger partial charge in [0.15, 0.2) is 6.61 Å². The Bertz CT molecular complexity index is 900. The number of nitrogens with one attached hydrogen (secondary N) is 1. The second-order valence-corrected chi connectivity index (χ2v) is 9.41. The van der Waals surface area contributed by atoms with Gasteiger partial charge in [-0.2, -0.15) is 0 Å². The highest BCUT2D eigenvalue weighted by atomic mass is 79.9. The molecule has 1 N–H and O–H groups in total. The molecule has 2 rings (SSSR count). The Hall–Kier alpha value is -2.05. The molecule has 1 atom stereocenters. The highest BCUT2D eigenvalue weighted by Gasteiger charge is 2.27. The molecule has 2 aromatic carbocycles. The molecule has 0 spiro atoms. The van der Waals surface area contributed by atoms with Gasteiger partial charge >= 0.3 is 0 Å². The van der Waals surface area contributed by atoms with E-state index in [9.17, 15) is 9.59 Å². The minimum atomic E-state index is -0.652. The van der Waals surface area contributed by atoms with Crippen LogP contribution in [0.25, 0.3) is 0 Å². The first kappa shape index (κ1) is 25.2. The minimum absolute atomic E-state index is 0.0193. The zero-order valence-corrected chi connectivity index (χ0v) is 21.0. The number of rotatable bonds is 9. The zero-order valence-electron chi connectivity index (χ0n) is 18.6. The second kappa shape index (κ2) is 11.5. The van der Waals surface area contributed by atoms with E-state index in [-0.39, 0.29) is 31.0 Å². The molecular formula is C24H30BrClN2O3. The molecule has 2 amide bonds. The number of halogens is 2. The van der Waals surface area contributed by atoms with Crippen molar-refractivity contribution in [3.05, 3.63) is 63.1 Å². The van der Waals surface area contributed by atoms with E-state index in [4.69, 9.17) is 16.3 Å². The lowest BCUT2D eigenvalue weighted by Crippen LogP contribution is -2.50. The number of amides is 2. The van der Waals surface area contributed by atoms with Crippen LogP contribution in [0, 0.1) is 0 Å². The summed E-state index contributed by atoms with van der Waals surface area (Å²) in [5.74, 6) is 0.492. The maximum absolute atomic E-state index is 13.1. The van der Waals surface area contributed by atoms with Crippen molar-refractivity contribution < 1.29 is 14.3 Å². The monoisotopic (exact) mass is 508 g/mol. The molecule has 7 heteroatoms. The first-order valence-corrected chi connectivity index (χ1v) is 11.5. The first-order chi connectivity index (χ1) is 14.6. The van der Waals surface area contributed by atoms with Gasteiger partial charge < -0.3 is 15.0 Å². The molecule has 0 aliphatic rings. The summed E-state index contributed by atoms with van der Waals surface area (Å²) in [6.45, 7) is 9.83. The molecule has 0 fully saturated rings. The SMILES string of the molecule is CC(C)NC(=O)C(C)N(Cc1ccc(Cl)cc1)C(=O)COc1ccc(C(C)C)cc1Br. The molecule has 0 bridgehead atoms. The van der Waals surface area contributed by atoms with Crippen molar-refractivity contribution in [2.75, 3.05) is 6.61 Å². The lowest BCUT2D eigenvalue weighted by atomic mass is 10.0. The van der Waals surface area contributed by atoms with Crippen LogP contribution in [-0.4, -0.2) is 35.4 Å². The molecule has 168 valence electrons. The Balaban J connectivity index is 2.16. The van der Waals surface area contributed by atoms with Crippen molar-refractivity contribution in [1.82, 2.24) is 10.2 Å². The lowest BCUT2D eigenvalue weighted by Gasteiger charge is -2.29. The molecule has 0 saturated carbocycles. The predicted molar refractivity (Wildman–Crippen MR) is 128 cm³/mol. The van der Waals surface area contributed by atoms with Crippen LogP contribution < -0.4 is 10.1 Å². The summed E-state index contributed by atoms with van der Waals surface area (Å²) >= 11 is 9.49. The molecule has 2 aromatic rings. The third-order valence-corrected chi connectivity index (χ3v) is 5.71. The van der Waals surface area contributed by atoms with Gasteiger partial charge in [0.1, 0.15) is 11.8 Å². The zero-order chi connectivity index (χ0) is 23.1. The maximum atomic E-state index is 13.1. The van der Waals surface area contributed by atoms with Crippen LogP contribution in [0.4, 0.5) is 0 Å². The summed E-state index contributed by atoms with van der Waals surface area (Å²) in [7, 11) is 0. The number of ether oxygens (including phenoxy) is 1. The number of benzene rings is 2. The van der Waals surface area contributed by atoms with Crippen molar-refractivity contribution in [1.29, 1.82) is 0 Å². The van der Waals surface area contributed by atoms with Gasteiger partial charge in [-0.25, -0.2) is 0 Å². The highest BCUT2D eigenvalue weighted by Crippen LogP contribution is 2.29. The van der Waals surface area contributed by atoms with Crippen LogP contribution in [0.3, 0.4) is 0 Å². The molecular weight excluding hydrogens is 480 g/mol. The Labute approximate surface area is 198 Å². The van der Waals surface area contributed by atoms with Crippen LogP contribution >= 0.6 is 27.5 Å². The van der Waals surface area contributed by atoms with Crippen molar-refractivity contribution >= 4 is 39.3 Å². The van der Waals surface area contributed by atoms with Gasteiger partial charge in [-0.1, -0.05) is 43.6 Å². The van der Waals surface area contributed by atoms with Gasteiger partial charge in [0.2, 0.25) is 5.91 Å². The van der Waals surface area contributed by atoms with E-state index in [0.717, 1.165) is 10.0 Å². The van der Waals surface area contributed by atoms with E-state index in [0.29, 0.717) is 16.7 Å². The van der Waals surface area contributed by atoms with Gasteiger partial charge in [-0.3, -0.25) is 9.59 Å². The lowest BCUT2D eigenvalue weighted by molar-refractivity contribution is -0.142. The minimum Gasteiger partial charge on any atom is -0.483 e. The molecule has 0 radical (unpaired) electrons. The maximum Gasteiger partial charge on any atom is 0.261 e. The summed E-state index contributed by atoms with van der Waals surface area (Å²) in [6, 6.07) is 12.4. The Morgan fingerprint density at radius 2 is 1.71 bits per heavy atom. The number of carbonyl (C=O) groups is 2. The van der Waals surface area contributed by atoms with E-state index in [1.165, 1.54) is 10.5 Å². The molecule has 5 nitrogen and oxygen atoms in total. The normalized spacial score (nSPS) is 12.0. The van der Waals surface area contributed by atoms with E-state index in [1.54, 1.807) is 19.1 Å². The smallest absolute Gasteiger partial charge is 0.261 e. The van der Waals surface area contributed by atoms with E-state index >= 15 is 0 Å². The number of nitrogens with zero attached hydrogens (tertiary/aromatic N) is 1. The standard InChI is InChI=1S/C24H30BrClN2O3/c1-15(2)19-8-11-22(21(25)12-19)31-14-23(29)28(17(5)24(30)27-16(3)4)13-18-6-9-20(26)10-7-18/h6-12,15-17H,13-14H2,1-5H3,(H,27,30). The van der Waals surface area contributed by atoms with Crippen LogP contribution in [0.2, 0.25) is 5.02 Å². The van der Waals surface area contributed by atoms with Crippen molar-refractivity contribution in [3.63, 3.8) is 0 Å². The fourth-order valence-electron chi connectivity index (χ4n) is 2.99. The van der Waals surface area contributed by atoms with Crippen LogP contribution in [-0.2, 0) is 16.1 Å². The summed E-state index contributed by atoms with van der Waals surface area (Å²) in [5.41, 5.74) is 2.05. The van der Waals surface area contributed by atoms with E-state index in [2.05, 4.69) is 35.1 Å². The summed E-state index contributed by atoms with van der Waals surface area (Å²) in [5, 5.41) is 3.49. The Morgan fingerprint density at radius 1 is 1.06 bits per heavy atom. The van der Waals surface area contributed by atoms with Crippen LogP contribution in [0.1, 0.15) is 51.7 Å². The topological polar surface area (TPSA) is 58.6 Å². The number of carbonyl (C=O) groups excluding carboxylic acids is 2. The summed E-state index contributed by atoms with van der Waals surface area (Å²) in [6.07, 6.45) is 0. The average molecular weight is 510 g/mol. The average Bonchev–Trinajstić information content (AvgIpc) is 2.71. The van der Waals surface area contributed by atoms with Crippen molar-refractivity contribution in [2.24, 2.45) is 0 Å². The Morgan fingerprint density at radius 3 is 2.26 bits per heavy atom.